The summed E-state index contributed by atoms with van der Waals surface area (Å²) in [5, 5.41) is 16.2. The van der Waals surface area contributed by atoms with Gasteiger partial charge in [0.05, 0.1) is 11.1 Å². The summed E-state index contributed by atoms with van der Waals surface area (Å²) >= 11 is 1.30. The van der Waals surface area contributed by atoms with E-state index in [4.69, 9.17) is 0 Å². The molecule has 29 heavy (non-hydrogen) atoms. The molecule has 1 aliphatic carbocycles. The van der Waals surface area contributed by atoms with E-state index in [1.807, 2.05) is 20.0 Å². The minimum Gasteiger partial charge on any atom is -0.360 e. The fourth-order valence-electron chi connectivity index (χ4n) is 3.35. The second kappa shape index (κ2) is 7.87. The van der Waals surface area contributed by atoms with Crippen LogP contribution in [0, 0.1) is 6.92 Å². The number of nitrogens with zero attached hydrogens (tertiary/aromatic N) is 3. The van der Waals surface area contributed by atoms with Crippen LogP contribution in [0.3, 0.4) is 0 Å². The molecule has 2 N–H and O–H groups in total. The van der Waals surface area contributed by atoms with Crippen LogP contribution in [0.4, 0.5) is 18.3 Å². The first-order valence-electron chi connectivity index (χ1n) is 9.61. The van der Waals surface area contributed by atoms with E-state index >= 15 is 0 Å². The average molecular weight is 421 g/mol. The molecule has 5 nitrogen and oxygen atoms in total. The summed E-state index contributed by atoms with van der Waals surface area (Å²) in [4.78, 5) is 4.37. The summed E-state index contributed by atoms with van der Waals surface area (Å²) in [6.45, 7) is 3.44. The van der Waals surface area contributed by atoms with Crippen LogP contribution in [-0.2, 0) is 6.18 Å². The molecule has 0 radical (unpaired) electrons. The molecule has 0 amide bonds. The number of halogens is 3. The van der Waals surface area contributed by atoms with E-state index in [1.54, 1.807) is 6.07 Å². The number of hydrogen-bond donors (Lipinski definition) is 2. The number of benzene rings is 1. The van der Waals surface area contributed by atoms with Gasteiger partial charge in [-0.2, -0.15) is 13.2 Å². The Labute approximate surface area is 170 Å². The lowest BCUT2D eigenvalue weighted by molar-refractivity contribution is -0.136. The molecule has 0 spiro atoms. The molecule has 9 heteroatoms. The molecule has 2 heterocycles. The minimum absolute atomic E-state index is 0.0179. The van der Waals surface area contributed by atoms with Crippen LogP contribution in [0.1, 0.15) is 41.9 Å². The Morgan fingerprint density at radius 2 is 1.93 bits per heavy atom. The molecule has 4 rings (SSSR count). The highest BCUT2D eigenvalue weighted by molar-refractivity contribution is 7.18. The zero-order valence-electron chi connectivity index (χ0n) is 16.2. The van der Waals surface area contributed by atoms with Gasteiger partial charge in [-0.15, -0.1) is 10.2 Å². The fourth-order valence-corrected chi connectivity index (χ4v) is 4.08. The highest BCUT2D eigenvalue weighted by Gasteiger charge is 2.36. The molecular weight excluding hydrogens is 399 g/mol. The van der Waals surface area contributed by atoms with Gasteiger partial charge in [0.2, 0.25) is 5.13 Å². The molecule has 1 saturated carbocycles. The molecule has 154 valence electrons. The summed E-state index contributed by atoms with van der Waals surface area (Å²) in [6.07, 6.45) is -1.64. The molecule has 1 fully saturated rings. The van der Waals surface area contributed by atoms with Crippen LogP contribution in [0.25, 0.3) is 21.6 Å². The summed E-state index contributed by atoms with van der Waals surface area (Å²) in [7, 11) is 1.89. The first kappa shape index (κ1) is 20.0. The van der Waals surface area contributed by atoms with Crippen molar-refractivity contribution < 1.29 is 13.2 Å². The normalized spacial score (nSPS) is 14.5. The molecule has 3 aromatic rings. The van der Waals surface area contributed by atoms with Crippen LogP contribution >= 0.6 is 11.3 Å². The zero-order valence-corrected chi connectivity index (χ0v) is 17.0. The average Bonchev–Trinajstić information content (AvgIpc) is 3.42. The largest absolute Gasteiger partial charge is 0.418 e. The lowest BCUT2D eigenvalue weighted by Gasteiger charge is -2.14. The van der Waals surface area contributed by atoms with Gasteiger partial charge in [0, 0.05) is 11.9 Å². The maximum Gasteiger partial charge on any atom is 0.418 e. The monoisotopic (exact) mass is 421 g/mol. The smallest absolute Gasteiger partial charge is 0.360 e. The van der Waals surface area contributed by atoms with Gasteiger partial charge in [-0.25, -0.2) is 4.98 Å². The van der Waals surface area contributed by atoms with Gasteiger partial charge in [-0.05, 0) is 75.0 Å². The number of alkyl halides is 3. The van der Waals surface area contributed by atoms with Crippen molar-refractivity contribution in [3.05, 3.63) is 34.9 Å². The van der Waals surface area contributed by atoms with Gasteiger partial charge in [0.15, 0.2) is 5.01 Å². The van der Waals surface area contributed by atoms with Gasteiger partial charge in [-0.1, -0.05) is 11.3 Å². The molecule has 0 saturated heterocycles. The summed E-state index contributed by atoms with van der Waals surface area (Å²) < 4.78 is 41.3. The maximum absolute atomic E-state index is 13.8. The zero-order chi connectivity index (χ0) is 20.6. The number of hydrogen-bond acceptors (Lipinski definition) is 6. The van der Waals surface area contributed by atoms with E-state index in [0.717, 1.165) is 43.5 Å². The Morgan fingerprint density at radius 1 is 1.14 bits per heavy atom. The van der Waals surface area contributed by atoms with Gasteiger partial charge < -0.3 is 10.6 Å². The van der Waals surface area contributed by atoms with E-state index in [1.165, 1.54) is 17.4 Å². The maximum atomic E-state index is 13.8. The predicted molar refractivity (Wildman–Crippen MR) is 109 cm³/mol. The van der Waals surface area contributed by atoms with Crippen LogP contribution < -0.4 is 10.6 Å². The van der Waals surface area contributed by atoms with Gasteiger partial charge in [0.25, 0.3) is 0 Å². The quantitative estimate of drug-likeness (QED) is 0.527. The highest BCUT2D eigenvalue weighted by Crippen LogP contribution is 2.45. The van der Waals surface area contributed by atoms with Crippen LogP contribution in [0.15, 0.2) is 18.2 Å². The third-order valence-corrected chi connectivity index (χ3v) is 5.92. The molecule has 0 unspecified atom stereocenters. The second-order valence-electron chi connectivity index (χ2n) is 7.36. The van der Waals surface area contributed by atoms with E-state index < -0.39 is 11.7 Å². The topological polar surface area (TPSA) is 62.7 Å². The van der Waals surface area contributed by atoms with E-state index in [9.17, 15) is 13.2 Å². The fraction of sp³-hybridized carbons (Fsp3) is 0.450. The Balaban J connectivity index is 1.71. The van der Waals surface area contributed by atoms with Crippen molar-refractivity contribution in [2.24, 2.45) is 0 Å². The van der Waals surface area contributed by atoms with E-state index in [-0.39, 0.29) is 11.4 Å². The minimum atomic E-state index is -4.46. The van der Waals surface area contributed by atoms with Crippen molar-refractivity contribution in [2.45, 2.75) is 38.3 Å². The van der Waals surface area contributed by atoms with Crippen LogP contribution in [0.2, 0.25) is 0 Å². The molecule has 0 atom stereocenters. The second-order valence-corrected chi connectivity index (χ2v) is 8.33. The summed E-state index contributed by atoms with van der Waals surface area (Å²) in [5.41, 5.74) is 1.25. The summed E-state index contributed by atoms with van der Waals surface area (Å²) in [6, 6.07) is 4.93. The number of pyridine rings is 1. The predicted octanol–water partition coefficient (Wildman–Crippen LogP) is 4.98. The van der Waals surface area contributed by atoms with Crippen molar-refractivity contribution in [3.8, 4) is 10.7 Å². The van der Waals surface area contributed by atoms with Gasteiger partial charge in [0.1, 0.15) is 5.69 Å². The van der Waals surface area contributed by atoms with Crippen molar-refractivity contribution in [3.63, 3.8) is 0 Å². The first-order valence-corrected chi connectivity index (χ1v) is 10.4. The Morgan fingerprint density at radius 3 is 2.62 bits per heavy atom. The summed E-state index contributed by atoms with van der Waals surface area (Å²) in [5.74, 6) is 0.235. The van der Waals surface area contributed by atoms with Crippen molar-refractivity contribution in [1.29, 1.82) is 0 Å². The number of aryl methyl sites for hydroxylation is 1. The lowest BCUT2D eigenvalue weighted by atomic mass is 9.98. The van der Waals surface area contributed by atoms with E-state index in [2.05, 4.69) is 25.8 Å². The Hall–Kier alpha value is -2.26. The standard InChI is InChI=1S/C20H22F3N5S/c1-11-8-16(18-27-28-19(29-18)25-7-3-6-24-2)26-17-14(11)9-13(12-4-5-12)10-15(17)20(21,22)23/h8-10,12,24H,3-7H2,1-2H3,(H,25,28). The van der Waals surface area contributed by atoms with Crippen LogP contribution in [-0.4, -0.2) is 35.3 Å². The number of rotatable bonds is 7. The number of aromatic nitrogens is 3. The van der Waals surface area contributed by atoms with Crippen LogP contribution in [0.5, 0.6) is 0 Å². The Kier molecular flexibility index (Phi) is 5.44. The third-order valence-electron chi connectivity index (χ3n) is 5.02. The number of fused-ring (bicyclic) bond motifs is 1. The van der Waals surface area contributed by atoms with Crippen molar-refractivity contribution >= 4 is 27.4 Å². The Bertz CT molecular complexity index is 1030. The molecule has 1 aromatic carbocycles. The molecule has 2 aromatic heterocycles. The lowest BCUT2D eigenvalue weighted by Crippen LogP contribution is -2.12. The first-order chi connectivity index (χ1) is 13.9. The molecule has 0 bridgehead atoms. The highest BCUT2D eigenvalue weighted by atomic mass is 32.1. The number of anilines is 1. The van der Waals surface area contributed by atoms with Crippen molar-refractivity contribution in [2.75, 3.05) is 25.5 Å². The third kappa shape index (κ3) is 4.35. The van der Waals surface area contributed by atoms with Gasteiger partial charge in [-0.3, -0.25) is 0 Å². The van der Waals surface area contributed by atoms with Gasteiger partial charge >= 0.3 is 6.18 Å². The molecular formula is C20H22F3N5S. The van der Waals surface area contributed by atoms with Crippen molar-refractivity contribution in [1.82, 2.24) is 20.5 Å². The van der Waals surface area contributed by atoms with E-state index in [0.29, 0.717) is 21.2 Å². The number of nitrogens with one attached hydrogen (secondary N) is 2. The SMILES string of the molecule is CNCCCNc1nnc(-c2cc(C)c3cc(C4CC4)cc(C(F)(F)F)c3n2)s1. The molecule has 1 aliphatic rings. The molecule has 0 aliphatic heterocycles.